The van der Waals surface area contributed by atoms with Crippen molar-refractivity contribution in [2.75, 3.05) is 6.61 Å². The summed E-state index contributed by atoms with van der Waals surface area (Å²) >= 11 is 0. The average Bonchev–Trinajstić information content (AvgIpc) is 3.60. The van der Waals surface area contributed by atoms with Crippen molar-refractivity contribution in [2.24, 2.45) is 0 Å². The summed E-state index contributed by atoms with van der Waals surface area (Å²) in [4.78, 5) is 20.0. The van der Waals surface area contributed by atoms with E-state index in [0.717, 1.165) is 51.4 Å². The molecule has 2 heterocycles. The van der Waals surface area contributed by atoms with Gasteiger partial charge in [-0.05, 0) is 54.3 Å². The van der Waals surface area contributed by atoms with Crippen LogP contribution in [-0.4, -0.2) is 22.5 Å². The number of hydrogen-bond donors (Lipinski definition) is 1. The van der Waals surface area contributed by atoms with Crippen molar-refractivity contribution in [1.29, 1.82) is 0 Å². The second-order valence-electron chi connectivity index (χ2n) is 8.95. The fraction of sp³-hybridized carbons (Fsp3) is 0.188. The van der Waals surface area contributed by atoms with Crippen molar-refractivity contribution in [3.8, 4) is 28.3 Å². The van der Waals surface area contributed by atoms with Crippen LogP contribution in [-0.2, 0) is 29.0 Å². The maximum absolute atomic E-state index is 12.1. The Morgan fingerprint density at radius 3 is 2.34 bits per heavy atom. The summed E-state index contributed by atoms with van der Waals surface area (Å²) in [7, 11) is 0. The van der Waals surface area contributed by atoms with E-state index in [1.165, 1.54) is 0 Å². The van der Waals surface area contributed by atoms with Gasteiger partial charge >= 0.3 is 5.97 Å². The van der Waals surface area contributed by atoms with E-state index in [2.05, 4.69) is 34.2 Å². The molecule has 0 amide bonds. The Kier molecular flexibility index (Phi) is 7.99. The molecule has 0 fully saturated rings. The molecule has 0 saturated carbocycles. The molecule has 6 nitrogen and oxygen atoms in total. The second kappa shape index (κ2) is 12.1. The smallest absolute Gasteiger partial charge is 0.306 e. The molecule has 0 spiro atoms. The predicted octanol–water partition coefficient (Wildman–Crippen LogP) is 7.00. The first-order valence-electron chi connectivity index (χ1n) is 12.8. The normalized spacial score (nSPS) is 10.9. The number of ether oxygens (including phenoxy) is 2. The number of carbonyl (C=O) groups is 1. The average molecular weight is 507 g/mol. The highest BCUT2D eigenvalue weighted by Crippen LogP contribution is 2.29. The van der Waals surface area contributed by atoms with Gasteiger partial charge in [-0.1, -0.05) is 60.7 Å². The minimum absolute atomic E-state index is 0.178. The van der Waals surface area contributed by atoms with Crippen LogP contribution < -0.4 is 4.74 Å². The molecule has 5 aromatic rings. The number of rotatable bonds is 11. The summed E-state index contributed by atoms with van der Waals surface area (Å²) in [5.41, 5.74) is 7.29. The van der Waals surface area contributed by atoms with E-state index in [4.69, 9.17) is 13.9 Å². The van der Waals surface area contributed by atoms with Gasteiger partial charge in [0.05, 0.1) is 6.61 Å². The van der Waals surface area contributed by atoms with Crippen LogP contribution in [0, 0.1) is 0 Å². The minimum atomic E-state index is -0.178. The van der Waals surface area contributed by atoms with Crippen molar-refractivity contribution >= 4 is 5.97 Å². The molecule has 3 aromatic carbocycles. The maximum atomic E-state index is 12.1. The monoisotopic (exact) mass is 506 g/mol. The van der Waals surface area contributed by atoms with Gasteiger partial charge in [0.25, 0.3) is 0 Å². The number of benzene rings is 3. The van der Waals surface area contributed by atoms with Gasteiger partial charge < -0.3 is 18.9 Å². The lowest BCUT2D eigenvalue weighted by molar-refractivity contribution is -0.143. The number of H-pyrrole nitrogens is 1. The summed E-state index contributed by atoms with van der Waals surface area (Å²) < 4.78 is 16.7. The van der Waals surface area contributed by atoms with Crippen LogP contribution in [0.3, 0.4) is 0 Å². The first-order chi connectivity index (χ1) is 18.7. The Morgan fingerprint density at radius 1 is 0.921 bits per heavy atom. The summed E-state index contributed by atoms with van der Waals surface area (Å²) in [5, 5.41) is 0. The van der Waals surface area contributed by atoms with Crippen molar-refractivity contribution in [2.45, 2.75) is 32.8 Å². The minimum Gasteiger partial charge on any atom is -0.487 e. The zero-order chi connectivity index (χ0) is 26.2. The molecule has 2 aromatic heterocycles. The topological polar surface area (TPSA) is 77.4 Å². The van der Waals surface area contributed by atoms with Gasteiger partial charge in [0.2, 0.25) is 5.89 Å². The Bertz CT molecular complexity index is 1450. The summed E-state index contributed by atoms with van der Waals surface area (Å²) in [5.74, 6) is 1.17. The van der Waals surface area contributed by atoms with Crippen molar-refractivity contribution in [3.63, 3.8) is 0 Å². The molecule has 0 atom stereocenters. The van der Waals surface area contributed by atoms with Crippen molar-refractivity contribution in [1.82, 2.24) is 9.97 Å². The van der Waals surface area contributed by atoms with Crippen LogP contribution in [0.1, 0.15) is 35.9 Å². The van der Waals surface area contributed by atoms with Crippen LogP contribution in [0.4, 0.5) is 0 Å². The van der Waals surface area contributed by atoms with Crippen molar-refractivity contribution < 1.29 is 18.7 Å². The van der Waals surface area contributed by atoms with Crippen molar-refractivity contribution in [3.05, 3.63) is 120 Å². The highest BCUT2D eigenvalue weighted by Gasteiger charge is 2.15. The lowest BCUT2D eigenvalue weighted by Crippen LogP contribution is -2.06. The molecular formula is C32H30N2O4. The molecule has 5 rings (SSSR count). The van der Waals surface area contributed by atoms with Gasteiger partial charge in [-0.15, -0.1) is 0 Å². The van der Waals surface area contributed by atoms with E-state index in [1.807, 2.05) is 73.8 Å². The van der Waals surface area contributed by atoms with E-state index in [1.54, 1.807) is 6.26 Å². The number of nitrogens with one attached hydrogen (secondary N) is 1. The third-order valence-electron chi connectivity index (χ3n) is 6.31. The molecule has 0 bridgehead atoms. The fourth-order valence-corrected chi connectivity index (χ4v) is 4.43. The van der Waals surface area contributed by atoms with Crippen LogP contribution >= 0.6 is 0 Å². The number of esters is 1. The largest absolute Gasteiger partial charge is 0.487 e. The molecule has 0 radical (unpaired) electrons. The third-order valence-corrected chi connectivity index (χ3v) is 6.31. The first-order valence-corrected chi connectivity index (χ1v) is 12.8. The summed E-state index contributed by atoms with van der Waals surface area (Å²) in [6.07, 6.45) is 5.34. The predicted molar refractivity (Wildman–Crippen MR) is 147 cm³/mol. The van der Waals surface area contributed by atoms with Gasteiger partial charge in [0, 0.05) is 35.9 Å². The highest BCUT2D eigenvalue weighted by molar-refractivity contribution is 5.72. The Hall–Kier alpha value is -4.58. The number of nitrogens with zero attached hydrogens (tertiary/aromatic N) is 1. The van der Waals surface area contributed by atoms with E-state index < -0.39 is 0 Å². The van der Waals surface area contributed by atoms with E-state index >= 15 is 0 Å². The number of aromatic amines is 1. The quantitative estimate of drug-likeness (QED) is 0.195. The molecule has 38 heavy (non-hydrogen) atoms. The molecule has 0 aliphatic carbocycles. The van der Waals surface area contributed by atoms with Gasteiger partial charge in [-0.3, -0.25) is 4.79 Å². The molecule has 0 saturated heterocycles. The van der Waals surface area contributed by atoms with Crippen LogP contribution in [0.5, 0.6) is 5.75 Å². The number of hydrogen-bond acceptors (Lipinski definition) is 5. The van der Waals surface area contributed by atoms with E-state index in [-0.39, 0.29) is 5.97 Å². The molecule has 192 valence electrons. The molecule has 0 unspecified atom stereocenters. The molecule has 0 aliphatic rings. The maximum Gasteiger partial charge on any atom is 0.306 e. The summed E-state index contributed by atoms with van der Waals surface area (Å²) in [6, 6.07) is 28.1. The van der Waals surface area contributed by atoms with Gasteiger partial charge in [-0.2, -0.15) is 0 Å². The molecular weight excluding hydrogens is 476 g/mol. The Labute approximate surface area is 222 Å². The van der Waals surface area contributed by atoms with Crippen LogP contribution in [0.15, 0.2) is 102 Å². The second-order valence-corrected chi connectivity index (χ2v) is 8.95. The standard InChI is InChI=1S/C32H30N2O4/c1-2-36-31(35)18-17-28-29(24-9-5-3-6-10-24)20-33-30(28)19-23-13-15-27(16-14-23)37-21-26-22-38-32(34-26)25-11-7-4-8-12-25/h3-16,20,22,33H,2,17-19,21H2,1H3. The number of aromatic nitrogens is 2. The number of oxazole rings is 1. The van der Waals surface area contributed by atoms with Gasteiger partial charge in [0.1, 0.15) is 24.3 Å². The zero-order valence-corrected chi connectivity index (χ0v) is 21.4. The van der Waals surface area contributed by atoms with Crippen LogP contribution in [0.25, 0.3) is 22.6 Å². The molecule has 1 N–H and O–H groups in total. The van der Waals surface area contributed by atoms with Crippen LogP contribution in [0.2, 0.25) is 0 Å². The Balaban J connectivity index is 1.25. The zero-order valence-electron chi connectivity index (χ0n) is 21.4. The van der Waals surface area contributed by atoms with E-state index in [9.17, 15) is 4.79 Å². The van der Waals surface area contributed by atoms with Gasteiger partial charge in [0.15, 0.2) is 0 Å². The SMILES string of the molecule is CCOC(=O)CCc1c(-c2ccccc2)c[nH]c1Cc1ccc(OCc2coc(-c3ccccc3)n2)cc1. The van der Waals surface area contributed by atoms with Gasteiger partial charge in [-0.25, -0.2) is 4.98 Å². The highest BCUT2D eigenvalue weighted by atomic mass is 16.5. The molecule has 0 aliphatic heterocycles. The lowest BCUT2D eigenvalue weighted by Gasteiger charge is -2.09. The summed E-state index contributed by atoms with van der Waals surface area (Å²) in [6.45, 7) is 2.55. The molecule has 6 heteroatoms. The Morgan fingerprint density at radius 2 is 1.63 bits per heavy atom. The number of carbonyl (C=O) groups excluding carboxylic acids is 1. The first kappa shape index (κ1) is 25.1. The fourth-order valence-electron chi connectivity index (χ4n) is 4.43. The van der Waals surface area contributed by atoms with E-state index in [0.29, 0.717) is 31.9 Å². The lowest BCUT2D eigenvalue weighted by atomic mass is 9.96. The third kappa shape index (κ3) is 6.21.